The molecule has 1 saturated carbocycles. The number of carbonyl (C=O) groups is 2. The zero-order valence-electron chi connectivity index (χ0n) is 29.3. The third-order valence-electron chi connectivity index (χ3n) is 9.86. The summed E-state index contributed by atoms with van der Waals surface area (Å²) in [6.45, 7) is 29.0. The minimum atomic E-state index is -2.05. The Bertz CT molecular complexity index is 866. The fraction of sp³-hybridized carbons (Fsp3) is 0.829. The zero-order chi connectivity index (χ0) is 32.2. The van der Waals surface area contributed by atoms with Crippen molar-refractivity contribution in [3.05, 3.63) is 24.8 Å². The Morgan fingerprint density at radius 2 is 1.57 bits per heavy atom. The van der Waals surface area contributed by atoms with E-state index in [-0.39, 0.29) is 46.7 Å². The summed E-state index contributed by atoms with van der Waals surface area (Å²) in [5.41, 5.74) is 0. The largest absolute Gasteiger partial charge is 0.461 e. The molecule has 4 atom stereocenters. The minimum absolute atomic E-state index is 0.0160. The second-order valence-electron chi connectivity index (χ2n) is 15.5. The first-order chi connectivity index (χ1) is 19.4. The van der Waals surface area contributed by atoms with Crippen LogP contribution < -0.4 is 0 Å². The number of carbonyl (C=O) groups excluding carboxylic acids is 2. The molecule has 0 saturated heterocycles. The number of esters is 1. The van der Waals surface area contributed by atoms with Gasteiger partial charge in [0.15, 0.2) is 16.6 Å². The Kier molecular flexibility index (Phi) is 16.2. The molecule has 7 heteroatoms. The molecule has 0 aromatic rings. The fourth-order valence-electron chi connectivity index (χ4n) is 5.06. The topological polar surface area (TPSA) is 61.8 Å². The van der Waals surface area contributed by atoms with E-state index in [9.17, 15) is 9.59 Å². The van der Waals surface area contributed by atoms with Crippen molar-refractivity contribution in [3.8, 4) is 0 Å². The smallest absolute Gasteiger partial charge is 0.306 e. The molecule has 0 aliphatic heterocycles. The first-order valence-corrected chi connectivity index (χ1v) is 22.5. The highest BCUT2D eigenvalue weighted by Gasteiger charge is 2.47. The SMILES string of the molecule is C=CCOC(=O)CCCCCC[C@H]1C(=O)C[C@@H](O[Si](C)(C)C(C)(C)C)[C@@H]1/C=C/[C@H](CCCCC)O[Si](C)(C)C(C)(C)C. The first-order valence-electron chi connectivity index (χ1n) is 16.7. The number of unbranched alkanes of at least 4 members (excludes halogenated alkanes) is 5. The molecule has 0 spiro atoms. The fourth-order valence-corrected chi connectivity index (χ4v) is 7.71. The van der Waals surface area contributed by atoms with Crippen LogP contribution in [0.2, 0.25) is 36.3 Å². The van der Waals surface area contributed by atoms with Gasteiger partial charge in [-0.15, -0.1) is 0 Å². The summed E-state index contributed by atoms with van der Waals surface area (Å²) in [7, 11) is -3.99. The lowest BCUT2D eigenvalue weighted by atomic mass is 9.88. The molecule has 5 nitrogen and oxygen atoms in total. The van der Waals surface area contributed by atoms with Crippen molar-refractivity contribution >= 4 is 28.4 Å². The molecule has 0 radical (unpaired) electrons. The lowest BCUT2D eigenvalue weighted by Crippen LogP contribution is -2.45. The molecule has 244 valence electrons. The molecular weight excluding hydrogens is 557 g/mol. The summed E-state index contributed by atoms with van der Waals surface area (Å²) in [5.74, 6) is 0.245. The number of rotatable bonds is 19. The monoisotopic (exact) mass is 622 g/mol. The molecule has 1 rings (SSSR count). The van der Waals surface area contributed by atoms with Crippen LogP contribution in [0.15, 0.2) is 24.8 Å². The van der Waals surface area contributed by atoms with Crippen molar-refractivity contribution in [3.63, 3.8) is 0 Å². The molecule has 42 heavy (non-hydrogen) atoms. The van der Waals surface area contributed by atoms with Crippen molar-refractivity contribution in [2.24, 2.45) is 11.8 Å². The third kappa shape index (κ3) is 12.9. The van der Waals surface area contributed by atoms with Crippen molar-refractivity contribution < 1.29 is 23.2 Å². The minimum Gasteiger partial charge on any atom is -0.461 e. The maximum Gasteiger partial charge on any atom is 0.306 e. The number of ketones is 1. The highest BCUT2D eigenvalue weighted by Crippen LogP contribution is 2.44. The average molecular weight is 623 g/mol. The van der Waals surface area contributed by atoms with E-state index in [0.717, 1.165) is 44.9 Å². The van der Waals surface area contributed by atoms with Crippen LogP contribution >= 0.6 is 0 Å². The van der Waals surface area contributed by atoms with Gasteiger partial charge in [-0.3, -0.25) is 9.59 Å². The lowest BCUT2D eigenvalue weighted by molar-refractivity contribution is -0.142. The van der Waals surface area contributed by atoms with Crippen LogP contribution in [-0.4, -0.2) is 47.2 Å². The molecule has 0 heterocycles. The summed E-state index contributed by atoms with van der Waals surface area (Å²) in [6, 6.07) is 0. The van der Waals surface area contributed by atoms with Gasteiger partial charge in [0.05, 0.1) is 12.2 Å². The van der Waals surface area contributed by atoms with Gasteiger partial charge in [0.1, 0.15) is 12.4 Å². The Balaban J connectivity index is 3.08. The molecule has 1 aliphatic carbocycles. The third-order valence-corrected chi connectivity index (χ3v) is 18.9. The Morgan fingerprint density at radius 1 is 0.952 bits per heavy atom. The predicted molar refractivity (Wildman–Crippen MR) is 183 cm³/mol. The van der Waals surface area contributed by atoms with Crippen molar-refractivity contribution in [2.75, 3.05) is 6.61 Å². The van der Waals surface area contributed by atoms with Crippen LogP contribution in [0.25, 0.3) is 0 Å². The highest BCUT2D eigenvalue weighted by molar-refractivity contribution is 6.74. The lowest BCUT2D eigenvalue weighted by Gasteiger charge is -2.40. The van der Waals surface area contributed by atoms with E-state index in [4.69, 9.17) is 13.6 Å². The van der Waals surface area contributed by atoms with Crippen LogP contribution in [0.4, 0.5) is 0 Å². The maximum absolute atomic E-state index is 13.5. The number of ether oxygens (including phenoxy) is 1. The molecule has 0 aromatic heterocycles. The van der Waals surface area contributed by atoms with Crippen LogP contribution in [0.3, 0.4) is 0 Å². The van der Waals surface area contributed by atoms with E-state index in [1.165, 1.54) is 12.8 Å². The molecule has 1 aliphatic rings. The number of hydrogen-bond acceptors (Lipinski definition) is 5. The van der Waals surface area contributed by atoms with E-state index >= 15 is 0 Å². The zero-order valence-corrected chi connectivity index (χ0v) is 31.3. The Hall–Kier alpha value is -1.03. The van der Waals surface area contributed by atoms with Gasteiger partial charge in [-0.25, -0.2) is 0 Å². The summed E-state index contributed by atoms with van der Waals surface area (Å²) >= 11 is 0. The van der Waals surface area contributed by atoms with E-state index in [1.807, 2.05) is 0 Å². The van der Waals surface area contributed by atoms with Crippen molar-refractivity contribution in [1.82, 2.24) is 0 Å². The molecule has 0 amide bonds. The van der Waals surface area contributed by atoms with Crippen LogP contribution in [-0.2, 0) is 23.2 Å². The van der Waals surface area contributed by atoms with Crippen LogP contribution in [0.1, 0.15) is 119 Å². The standard InChI is InChI=1S/C35H66O5Si2/c1-13-15-18-21-28(39-41(9,10)34(3,4)5)24-25-30-29(22-19-16-17-20-23-33(37)38-26-14-2)31(36)27-32(30)40-42(11,12)35(6,7)8/h14,24-25,28-30,32H,2,13,15-23,26-27H2,1,3-12H3/b25-24+/t28-,29+,30+,32+/m0/s1. The van der Waals surface area contributed by atoms with E-state index in [1.54, 1.807) is 6.08 Å². The average Bonchev–Trinajstić information content (AvgIpc) is 3.14. The normalized spacial score (nSPS) is 21.2. The number of Topliss-reactive ketones (excluding diaryl/α,β-unsaturated/α-hetero) is 1. The predicted octanol–water partition coefficient (Wildman–Crippen LogP) is 10.2. The Morgan fingerprint density at radius 3 is 2.14 bits per heavy atom. The van der Waals surface area contributed by atoms with Gasteiger partial charge in [0.2, 0.25) is 0 Å². The Labute approximate surface area is 261 Å². The van der Waals surface area contributed by atoms with Gasteiger partial charge < -0.3 is 13.6 Å². The molecular formula is C35H66O5Si2. The van der Waals surface area contributed by atoms with Gasteiger partial charge in [0.25, 0.3) is 0 Å². The van der Waals surface area contributed by atoms with Crippen molar-refractivity contribution in [1.29, 1.82) is 0 Å². The molecule has 0 unspecified atom stereocenters. The van der Waals surface area contributed by atoms with Gasteiger partial charge in [0, 0.05) is 24.7 Å². The summed E-state index contributed by atoms with van der Waals surface area (Å²) < 4.78 is 18.9. The van der Waals surface area contributed by atoms with Crippen LogP contribution in [0.5, 0.6) is 0 Å². The van der Waals surface area contributed by atoms with E-state index in [0.29, 0.717) is 18.6 Å². The second-order valence-corrected chi connectivity index (χ2v) is 25.0. The maximum atomic E-state index is 13.5. The van der Waals surface area contributed by atoms with E-state index in [2.05, 4.69) is 93.4 Å². The summed E-state index contributed by atoms with van der Waals surface area (Å²) in [5, 5.41) is 0.232. The van der Waals surface area contributed by atoms with Gasteiger partial charge in [-0.1, -0.05) is 112 Å². The first kappa shape index (κ1) is 39.0. The van der Waals surface area contributed by atoms with Gasteiger partial charge in [-0.2, -0.15) is 0 Å². The van der Waals surface area contributed by atoms with E-state index < -0.39 is 16.6 Å². The quantitative estimate of drug-likeness (QED) is 0.0621. The number of hydrogen-bond donors (Lipinski definition) is 0. The summed E-state index contributed by atoms with van der Waals surface area (Å²) in [4.78, 5) is 25.2. The highest BCUT2D eigenvalue weighted by atomic mass is 28.4. The van der Waals surface area contributed by atoms with Gasteiger partial charge in [-0.05, 0) is 55.5 Å². The summed E-state index contributed by atoms with van der Waals surface area (Å²) in [6.07, 6.45) is 16.4. The second kappa shape index (κ2) is 17.5. The molecule has 1 fully saturated rings. The molecule has 0 aromatic carbocycles. The van der Waals surface area contributed by atoms with Crippen LogP contribution in [0, 0.1) is 11.8 Å². The molecule has 0 N–H and O–H groups in total. The molecule has 0 bridgehead atoms. The van der Waals surface area contributed by atoms with Crippen molar-refractivity contribution in [2.45, 2.75) is 168 Å². The van der Waals surface area contributed by atoms with Gasteiger partial charge >= 0.3 is 5.97 Å².